The fraction of sp³-hybridized carbons (Fsp3) is 0.0952. The number of hydrogen-bond donors (Lipinski definition) is 2. The summed E-state index contributed by atoms with van der Waals surface area (Å²) in [5, 5.41) is 15.5. The number of hydrazone groups is 1. The molecule has 0 amide bonds. The maximum atomic E-state index is 13.0. The van der Waals surface area contributed by atoms with Gasteiger partial charge in [-0.3, -0.25) is 20.3 Å². The summed E-state index contributed by atoms with van der Waals surface area (Å²) in [5.74, 6) is 0.609. The minimum absolute atomic E-state index is 0.0419. The smallest absolute Gasteiger partial charge is 0.270 e. The molecule has 0 aliphatic heterocycles. The van der Waals surface area contributed by atoms with Crippen molar-refractivity contribution in [2.45, 2.75) is 11.8 Å². The molecule has 3 aromatic carbocycles. The number of nitro benzene ring substituents is 1. The predicted molar refractivity (Wildman–Crippen MR) is 124 cm³/mol. The Kier molecular flexibility index (Phi) is 7.29. The van der Waals surface area contributed by atoms with E-state index < -0.39 is 14.9 Å². The Bertz CT molecular complexity index is 1260. The number of sulfonamides is 1. The third-order valence-corrected chi connectivity index (χ3v) is 5.93. The van der Waals surface area contributed by atoms with E-state index in [1.165, 1.54) is 30.5 Å². The van der Waals surface area contributed by atoms with E-state index in [2.05, 4.69) is 15.2 Å². The third kappa shape index (κ3) is 5.54. The van der Waals surface area contributed by atoms with Crippen molar-refractivity contribution in [3.63, 3.8) is 0 Å². The molecule has 0 atom stereocenters. The molecule has 0 saturated carbocycles. The molecule has 166 valence electrons. The molecule has 0 saturated heterocycles. The summed E-state index contributed by atoms with van der Waals surface area (Å²) >= 11 is 6.05. The number of benzene rings is 3. The molecule has 0 heterocycles. The van der Waals surface area contributed by atoms with Crippen LogP contribution in [-0.4, -0.2) is 26.2 Å². The minimum atomic E-state index is -4.23. The summed E-state index contributed by atoms with van der Waals surface area (Å²) in [6, 6.07) is 16.8. The molecule has 0 bridgehead atoms. The lowest BCUT2D eigenvalue weighted by atomic mass is 10.2. The minimum Gasteiger partial charge on any atom is -0.493 e. The lowest BCUT2D eigenvalue weighted by Crippen LogP contribution is -2.15. The topological polar surface area (TPSA) is 123 Å². The monoisotopic (exact) mass is 474 g/mol. The molecule has 0 aliphatic rings. The highest BCUT2D eigenvalue weighted by atomic mass is 35.5. The maximum absolute atomic E-state index is 13.0. The Morgan fingerprint density at radius 2 is 1.81 bits per heavy atom. The molecule has 11 heteroatoms. The summed E-state index contributed by atoms with van der Waals surface area (Å²) in [6.07, 6.45) is 1.46. The van der Waals surface area contributed by atoms with Gasteiger partial charge in [-0.05, 0) is 37.3 Å². The van der Waals surface area contributed by atoms with Crippen LogP contribution in [0, 0.1) is 10.1 Å². The van der Waals surface area contributed by atoms with Gasteiger partial charge in [0, 0.05) is 17.7 Å². The zero-order chi connectivity index (χ0) is 23.1. The normalized spacial score (nSPS) is 11.3. The van der Waals surface area contributed by atoms with Crippen molar-refractivity contribution in [1.29, 1.82) is 0 Å². The van der Waals surface area contributed by atoms with Crippen molar-refractivity contribution >= 4 is 44.9 Å². The Morgan fingerprint density at radius 1 is 1.09 bits per heavy atom. The average molecular weight is 475 g/mol. The fourth-order valence-electron chi connectivity index (χ4n) is 2.73. The standard InChI is InChI=1S/C21H19ClN4O5S/c1-2-31-20-10-6-3-7-15(20)14-23-24-19-12-11-16(26(27)28)13-21(19)32(29,30)25-18-9-5-4-8-17(18)22/h3-14,24-25H,2H2,1H3/b23-14+. The lowest BCUT2D eigenvalue weighted by molar-refractivity contribution is -0.385. The van der Waals surface area contributed by atoms with Gasteiger partial charge in [0.15, 0.2) is 0 Å². The molecule has 2 N–H and O–H groups in total. The van der Waals surface area contributed by atoms with Gasteiger partial charge in [0.1, 0.15) is 10.6 Å². The first-order valence-corrected chi connectivity index (χ1v) is 11.2. The van der Waals surface area contributed by atoms with Gasteiger partial charge in [-0.15, -0.1) is 0 Å². The van der Waals surface area contributed by atoms with Crippen LogP contribution in [0.1, 0.15) is 12.5 Å². The van der Waals surface area contributed by atoms with Crippen LogP contribution in [0.25, 0.3) is 0 Å². The average Bonchev–Trinajstić information content (AvgIpc) is 2.76. The molecule has 0 aliphatic carbocycles. The SMILES string of the molecule is CCOc1ccccc1/C=N/Nc1ccc([N+](=O)[O-])cc1S(=O)(=O)Nc1ccccc1Cl. The molecule has 3 aromatic rings. The molecule has 0 unspecified atom stereocenters. The molecular weight excluding hydrogens is 456 g/mol. The molecule has 0 fully saturated rings. The molecule has 0 aromatic heterocycles. The highest BCUT2D eigenvalue weighted by Crippen LogP contribution is 2.30. The molecule has 32 heavy (non-hydrogen) atoms. The lowest BCUT2D eigenvalue weighted by Gasteiger charge is -2.13. The molecule has 0 radical (unpaired) electrons. The van der Waals surface area contributed by atoms with E-state index >= 15 is 0 Å². The van der Waals surface area contributed by atoms with Gasteiger partial charge in [-0.2, -0.15) is 5.10 Å². The number of anilines is 2. The maximum Gasteiger partial charge on any atom is 0.270 e. The number of rotatable bonds is 9. The van der Waals surface area contributed by atoms with E-state index in [4.69, 9.17) is 16.3 Å². The Balaban J connectivity index is 1.95. The molecule has 0 spiro atoms. The summed E-state index contributed by atoms with van der Waals surface area (Å²) in [4.78, 5) is 10.2. The van der Waals surface area contributed by atoms with E-state index in [1.807, 2.05) is 13.0 Å². The van der Waals surface area contributed by atoms with Gasteiger partial charge in [-0.1, -0.05) is 35.9 Å². The van der Waals surface area contributed by atoms with Crippen LogP contribution in [0.2, 0.25) is 5.02 Å². The van der Waals surface area contributed by atoms with E-state index in [1.54, 1.807) is 30.3 Å². The van der Waals surface area contributed by atoms with Crippen LogP contribution >= 0.6 is 11.6 Å². The highest BCUT2D eigenvalue weighted by molar-refractivity contribution is 7.93. The van der Waals surface area contributed by atoms with Crippen molar-refractivity contribution in [3.05, 3.63) is 87.4 Å². The largest absolute Gasteiger partial charge is 0.493 e. The van der Waals surface area contributed by atoms with Crippen LogP contribution in [0.5, 0.6) is 5.75 Å². The van der Waals surface area contributed by atoms with Crippen LogP contribution in [-0.2, 0) is 10.0 Å². The van der Waals surface area contributed by atoms with Crippen molar-refractivity contribution in [2.75, 3.05) is 16.8 Å². The Labute approximate surface area is 189 Å². The highest BCUT2D eigenvalue weighted by Gasteiger charge is 2.23. The van der Waals surface area contributed by atoms with Gasteiger partial charge in [-0.25, -0.2) is 8.42 Å². The summed E-state index contributed by atoms with van der Waals surface area (Å²) < 4.78 is 33.9. The number of nitrogens with zero attached hydrogens (tertiary/aromatic N) is 2. The first-order chi connectivity index (χ1) is 15.3. The van der Waals surface area contributed by atoms with Gasteiger partial charge in [0.2, 0.25) is 0 Å². The zero-order valence-corrected chi connectivity index (χ0v) is 18.4. The number of para-hydroxylation sites is 2. The van der Waals surface area contributed by atoms with E-state index in [0.717, 1.165) is 6.07 Å². The van der Waals surface area contributed by atoms with Gasteiger partial charge >= 0.3 is 0 Å². The van der Waals surface area contributed by atoms with Crippen LogP contribution < -0.4 is 14.9 Å². The molecule has 3 rings (SSSR count). The second-order valence-electron chi connectivity index (χ2n) is 6.36. The quantitative estimate of drug-likeness (QED) is 0.258. The number of non-ortho nitro benzene ring substituents is 1. The van der Waals surface area contributed by atoms with Crippen LogP contribution in [0.15, 0.2) is 76.7 Å². The van der Waals surface area contributed by atoms with Crippen molar-refractivity contribution < 1.29 is 18.1 Å². The Hall–Kier alpha value is -3.63. The fourth-order valence-corrected chi connectivity index (χ4v) is 4.22. The first kappa shape index (κ1) is 23.0. The summed E-state index contributed by atoms with van der Waals surface area (Å²) in [5.41, 5.74) is 3.11. The predicted octanol–water partition coefficient (Wildman–Crippen LogP) is 4.89. The molecular formula is C21H19ClN4O5S. The van der Waals surface area contributed by atoms with Gasteiger partial charge in [0.05, 0.1) is 34.1 Å². The second kappa shape index (κ2) is 10.1. The number of ether oxygens (including phenoxy) is 1. The van der Waals surface area contributed by atoms with E-state index in [9.17, 15) is 18.5 Å². The van der Waals surface area contributed by atoms with Crippen molar-refractivity contribution in [1.82, 2.24) is 0 Å². The van der Waals surface area contributed by atoms with Crippen molar-refractivity contribution in [2.24, 2.45) is 5.10 Å². The number of nitro groups is 1. The van der Waals surface area contributed by atoms with E-state index in [-0.39, 0.29) is 27.0 Å². The number of hydrogen-bond acceptors (Lipinski definition) is 7. The van der Waals surface area contributed by atoms with Gasteiger partial charge in [0.25, 0.3) is 15.7 Å². The number of nitrogens with one attached hydrogen (secondary N) is 2. The Morgan fingerprint density at radius 3 is 2.53 bits per heavy atom. The summed E-state index contributed by atoms with van der Waals surface area (Å²) in [7, 11) is -4.23. The number of halogens is 1. The third-order valence-electron chi connectivity index (χ3n) is 4.19. The zero-order valence-electron chi connectivity index (χ0n) is 16.9. The molecule has 9 nitrogen and oxygen atoms in total. The van der Waals surface area contributed by atoms with Crippen LogP contribution in [0.3, 0.4) is 0 Å². The second-order valence-corrected chi connectivity index (χ2v) is 8.42. The van der Waals surface area contributed by atoms with E-state index in [0.29, 0.717) is 17.9 Å². The van der Waals surface area contributed by atoms with Gasteiger partial charge < -0.3 is 4.74 Å². The van der Waals surface area contributed by atoms with Crippen molar-refractivity contribution in [3.8, 4) is 5.75 Å². The first-order valence-electron chi connectivity index (χ1n) is 9.38. The van der Waals surface area contributed by atoms with Crippen LogP contribution in [0.4, 0.5) is 17.1 Å². The summed E-state index contributed by atoms with van der Waals surface area (Å²) in [6.45, 7) is 2.32.